The maximum atomic E-state index is 11.5. The molecule has 0 aliphatic carbocycles. The van der Waals surface area contributed by atoms with Crippen LogP contribution in [0.15, 0.2) is 18.3 Å². The number of carbonyl (C=O) groups excluding carboxylic acids is 1. The van der Waals surface area contributed by atoms with Crippen LogP contribution in [-0.4, -0.2) is 24.8 Å². The van der Waals surface area contributed by atoms with Crippen LogP contribution in [0.3, 0.4) is 0 Å². The van der Waals surface area contributed by atoms with Gasteiger partial charge in [-0.25, -0.2) is 9.78 Å². The van der Waals surface area contributed by atoms with Crippen LogP contribution in [0, 0.1) is 11.8 Å². The summed E-state index contributed by atoms with van der Waals surface area (Å²) in [5.74, 6) is 2.42. The van der Waals surface area contributed by atoms with Crippen LogP contribution in [0.1, 0.15) is 32.8 Å². The number of hydrogen-bond acceptors (Lipinski definition) is 5. The number of benzene rings is 1. The van der Waals surface area contributed by atoms with Gasteiger partial charge in [-0.2, -0.15) is 0 Å². The molecule has 1 aromatic heterocycles. The average Bonchev–Trinajstić information content (AvgIpc) is 2.67. The second-order valence-electron chi connectivity index (χ2n) is 7.55. The van der Waals surface area contributed by atoms with E-state index in [9.17, 15) is 4.79 Å². The molecule has 0 bridgehead atoms. The zero-order valence-corrected chi connectivity index (χ0v) is 18.4. The summed E-state index contributed by atoms with van der Waals surface area (Å²) in [6, 6.07) is 3.55. The third kappa shape index (κ3) is 4.87. The third-order valence-corrected chi connectivity index (χ3v) is 5.25. The zero-order valence-electron chi connectivity index (χ0n) is 16.8. The standard InChI is InChI=1S/C21H24Cl2N2O4/c1-11(2)5-12(3)9-28-17-7-16-14(6-15(17)22)18-13(10-29-16)8-24-20(19(18)23)25-21(26)27-4/h6-8,11-12H,5,9-10H2,1-4H3,(H,24,25,26). The molecule has 0 radical (unpaired) electrons. The Kier molecular flexibility index (Phi) is 6.75. The fraction of sp³-hybridized carbons (Fsp3) is 0.429. The number of pyridine rings is 1. The molecule has 0 fully saturated rings. The number of anilines is 1. The van der Waals surface area contributed by atoms with Gasteiger partial charge >= 0.3 is 6.09 Å². The van der Waals surface area contributed by atoms with Gasteiger partial charge in [0.05, 0.1) is 23.8 Å². The van der Waals surface area contributed by atoms with Gasteiger partial charge in [-0.1, -0.05) is 44.0 Å². The second-order valence-corrected chi connectivity index (χ2v) is 8.34. The van der Waals surface area contributed by atoms with Crippen LogP contribution in [0.2, 0.25) is 10.0 Å². The van der Waals surface area contributed by atoms with E-state index in [0.717, 1.165) is 23.1 Å². The Morgan fingerprint density at radius 1 is 1.31 bits per heavy atom. The van der Waals surface area contributed by atoms with Gasteiger partial charge in [0.2, 0.25) is 0 Å². The number of methoxy groups -OCH3 is 1. The molecule has 1 unspecified atom stereocenters. The summed E-state index contributed by atoms with van der Waals surface area (Å²) < 4.78 is 16.4. The summed E-state index contributed by atoms with van der Waals surface area (Å²) >= 11 is 13.0. The van der Waals surface area contributed by atoms with Crippen molar-refractivity contribution in [3.8, 4) is 22.6 Å². The van der Waals surface area contributed by atoms with Crippen molar-refractivity contribution < 1.29 is 19.0 Å². The lowest BCUT2D eigenvalue weighted by molar-refractivity contribution is 0.187. The number of nitrogens with zero attached hydrogens (tertiary/aromatic N) is 1. The van der Waals surface area contributed by atoms with Crippen LogP contribution in [-0.2, 0) is 11.3 Å². The predicted octanol–water partition coefficient (Wildman–Crippen LogP) is 6.19. The molecule has 1 atom stereocenters. The number of amides is 1. The van der Waals surface area contributed by atoms with E-state index in [0.29, 0.717) is 46.6 Å². The smallest absolute Gasteiger partial charge is 0.412 e. The van der Waals surface area contributed by atoms with Crippen LogP contribution < -0.4 is 14.8 Å². The highest BCUT2D eigenvalue weighted by Crippen LogP contribution is 2.47. The molecule has 3 rings (SSSR count). The summed E-state index contributed by atoms with van der Waals surface area (Å²) in [5.41, 5.74) is 2.24. The molecule has 0 spiro atoms. The normalized spacial score (nSPS) is 13.2. The van der Waals surface area contributed by atoms with E-state index in [4.69, 9.17) is 32.7 Å². The predicted molar refractivity (Wildman–Crippen MR) is 114 cm³/mol. The molecule has 6 nitrogen and oxygen atoms in total. The maximum absolute atomic E-state index is 11.5. The molecule has 156 valence electrons. The first-order valence-electron chi connectivity index (χ1n) is 9.42. The van der Waals surface area contributed by atoms with Gasteiger partial charge in [0.1, 0.15) is 18.1 Å². The monoisotopic (exact) mass is 438 g/mol. The number of fused-ring (bicyclic) bond motifs is 3. The molecule has 8 heteroatoms. The largest absolute Gasteiger partial charge is 0.492 e. The van der Waals surface area contributed by atoms with Crippen molar-refractivity contribution in [1.29, 1.82) is 0 Å². The zero-order chi connectivity index (χ0) is 21.1. The first-order chi connectivity index (χ1) is 13.8. The van der Waals surface area contributed by atoms with E-state index in [1.165, 1.54) is 7.11 Å². The summed E-state index contributed by atoms with van der Waals surface area (Å²) in [4.78, 5) is 15.7. The van der Waals surface area contributed by atoms with Crippen molar-refractivity contribution in [2.75, 3.05) is 19.0 Å². The number of nitrogens with one attached hydrogen (secondary N) is 1. The molecule has 1 aliphatic heterocycles. The van der Waals surface area contributed by atoms with E-state index >= 15 is 0 Å². The van der Waals surface area contributed by atoms with Crippen LogP contribution in [0.5, 0.6) is 11.5 Å². The van der Waals surface area contributed by atoms with Crippen LogP contribution in [0.25, 0.3) is 11.1 Å². The van der Waals surface area contributed by atoms with Gasteiger partial charge in [-0.05, 0) is 24.3 Å². The van der Waals surface area contributed by atoms with Crippen molar-refractivity contribution in [1.82, 2.24) is 4.98 Å². The third-order valence-electron chi connectivity index (χ3n) is 4.59. The number of halogens is 2. The van der Waals surface area contributed by atoms with Gasteiger partial charge in [0.15, 0.2) is 5.82 Å². The van der Waals surface area contributed by atoms with E-state index in [1.54, 1.807) is 18.3 Å². The van der Waals surface area contributed by atoms with Crippen molar-refractivity contribution in [3.63, 3.8) is 0 Å². The quantitative estimate of drug-likeness (QED) is 0.582. The average molecular weight is 439 g/mol. The molecule has 1 aliphatic rings. The second kappa shape index (κ2) is 9.09. The lowest BCUT2D eigenvalue weighted by atomic mass is 9.98. The maximum Gasteiger partial charge on any atom is 0.412 e. The van der Waals surface area contributed by atoms with Crippen molar-refractivity contribution in [2.24, 2.45) is 11.8 Å². The molecule has 29 heavy (non-hydrogen) atoms. The summed E-state index contributed by atoms with van der Waals surface area (Å²) in [5, 5.41) is 3.28. The highest BCUT2D eigenvalue weighted by Gasteiger charge is 2.25. The molecule has 0 saturated heterocycles. The van der Waals surface area contributed by atoms with Gasteiger partial charge in [0.25, 0.3) is 0 Å². The Labute approximate surface area is 180 Å². The molecule has 2 heterocycles. The summed E-state index contributed by atoms with van der Waals surface area (Å²) in [7, 11) is 1.27. The minimum Gasteiger partial charge on any atom is -0.492 e. The first-order valence-corrected chi connectivity index (χ1v) is 10.2. The van der Waals surface area contributed by atoms with Crippen LogP contribution in [0.4, 0.5) is 10.6 Å². The molecule has 1 aromatic carbocycles. The minimum atomic E-state index is -0.649. The molecule has 1 N–H and O–H groups in total. The number of ether oxygens (including phenoxy) is 3. The highest BCUT2D eigenvalue weighted by molar-refractivity contribution is 6.37. The molecule has 0 saturated carbocycles. The van der Waals surface area contributed by atoms with E-state index in [1.807, 2.05) is 0 Å². The molecule has 2 aromatic rings. The van der Waals surface area contributed by atoms with E-state index < -0.39 is 6.09 Å². The fourth-order valence-electron chi connectivity index (χ4n) is 3.38. The number of aromatic nitrogens is 1. The Hall–Kier alpha value is -2.18. The van der Waals surface area contributed by atoms with Gasteiger partial charge in [-0.15, -0.1) is 0 Å². The molecular formula is C21H24Cl2N2O4. The van der Waals surface area contributed by atoms with Gasteiger partial charge in [-0.3, -0.25) is 5.32 Å². The fourth-order valence-corrected chi connectivity index (χ4v) is 3.92. The van der Waals surface area contributed by atoms with Gasteiger partial charge in [0, 0.05) is 29.0 Å². The first kappa shape index (κ1) is 21.5. The lowest BCUT2D eigenvalue weighted by Gasteiger charge is -2.24. The Balaban J connectivity index is 1.90. The van der Waals surface area contributed by atoms with E-state index in [2.05, 4.69) is 35.8 Å². The van der Waals surface area contributed by atoms with E-state index in [-0.39, 0.29) is 5.82 Å². The topological polar surface area (TPSA) is 69.7 Å². The number of rotatable bonds is 6. The number of carbonyl (C=O) groups is 1. The minimum absolute atomic E-state index is 0.212. The van der Waals surface area contributed by atoms with Crippen molar-refractivity contribution in [2.45, 2.75) is 33.8 Å². The van der Waals surface area contributed by atoms with Crippen molar-refractivity contribution >= 4 is 35.1 Å². The molecule has 1 amide bonds. The Morgan fingerprint density at radius 3 is 2.76 bits per heavy atom. The SMILES string of the molecule is COC(=O)Nc1ncc2c(c1Cl)-c1cc(Cl)c(OCC(C)CC(C)C)cc1OC2. The van der Waals surface area contributed by atoms with Crippen LogP contribution >= 0.6 is 23.2 Å². The Bertz CT molecular complexity index is 918. The highest BCUT2D eigenvalue weighted by atomic mass is 35.5. The van der Waals surface area contributed by atoms with Crippen molar-refractivity contribution in [3.05, 3.63) is 33.9 Å². The van der Waals surface area contributed by atoms with Gasteiger partial charge < -0.3 is 14.2 Å². The summed E-state index contributed by atoms with van der Waals surface area (Å²) in [6.07, 6.45) is 2.04. The summed E-state index contributed by atoms with van der Waals surface area (Å²) in [6.45, 7) is 7.41. The Morgan fingerprint density at radius 2 is 2.07 bits per heavy atom. The number of hydrogen-bond donors (Lipinski definition) is 1. The lowest BCUT2D eigenvalue weighted by Crippen LogP contribution is -2.15. The molecular weight excluding hydrogens is 415 g/mol.